The van der Waals surface area contributed by atoms with Crippen molar-refractivity contribution >= 4 is 5.91 Å². The summed E-state index contributed by atoms with van der Waals surface area (Å²) in [5.41, 5.74) is 0.662. The molecule has 0 saturated carbocycles. The Morgan fingerprint density at radius 3 is 2.65 bits per heavy atom. The molecule has 128 valence electrons. The van der Waals surface area contributed by atoms with Gasteiger partial charge >= 0.3 is 0 Å². The molecule has 1 aromatic rings. The van der Waals surface area contributed by atoms with Gasteiger partial charge < -0.3 is 15.2 Å². The van der Waals surface area contributed by atoms with E-state index in [2.05, 4.69) is 5.32 Å². The lowest BCUT2D eigenvalue weighted by molar-refractivity contribution is -0.122. The number of benzene rings is 1. The summed E-state index contributed by atoms with van der Waals surface area (Å²) in [5.74, 6) is 0.278. The second-order valence-electron chi connectivity index (χ2n) is 6.37. The van der Waals surface area contributed by atoms with E-state index in [1.165, 1.54) is 12.1 Å². The van der Waals surface area contributed by atoms with Crippen molar-refractivity contribution in [2.75, 3.05) is 13.2 Å². The molecule has 1 aliphatic rings. The average Bonchev–Trinajstić information content (AvgIpc) is 2.54. The predicted molar refractivity (Wildman–Crippen MR) is 86.4 cm³/mol. The summed E-state index contributed by atoms with van der Waals surface area (Å²) in [4.78, 5) is 12.0. The number of aliphatic hydroxyl groups excluding tert-OH is 1. The maximum Gasteiger partial charge on any atom is 0.220 e. The van der Waals surface area contributed by atoms with Crippen LogP contribution >= 0.6 is 0 Å². The summed E-state index contributed by atoms with van der Waals surface area (Å²) < 4.78 is 18.2. The highest BCUT2D eigenvalue weighted by Crippen LogP contribution is 2.21. The van der Waals surface area contributed by atoms with Gasteiger partial charge in [-0.05, 0) is 56.2 Å². The first-order valence-corrected chi connectivity index (χ1v) is 8.35. The first-order chi connectivity index (χ1) is 11.0. The van der Waals surface area contributed by atoms with E-state index in [-0.39, 0.29) is 17.8 Å². The van der Waals surface area contributed by atoms with Crippen LogP contribution in [0.3, 0.4) is 0 Å². The SMILES string of the molecule is CC(CC(O)c1ccc(F)cc1)NC(=O)CCC1CCOCC1. The second-order valence-corrected chi connectivity index (χ2v) is 6.37. The van der Waals surface area contributed by atoms with Crippen molar-refractivity contribution in [2.45, 2.75) is 51.2 Å². The lowest BCUT2D eigenvalue weighted by atomic mass is 9.94. The Balaban J connectivity index is 1.69. The van der Waals surface area contributed by atoms with Crippen molar-refractivity contribution in [1.29, 1.82) is 0 Å². The fourth-order valence-corrected chi connectivity index (χ4v) is 2.93. The lowest BCUT2D eigenvalue weighted by Gasteiger charge is -2.22. The summed E-state index contributed by atoms with van der Waals surface area (Å²) >= 11 is 0. The van der Waals surface area contributed by atoms with E-state index >= 15 is 0 Å². The zero-order valence-electron chi connectivity index (χ0n) is 13.6. The van der Waals surface area contributed by atoms with Crippen LogP contribution in [0.25, 0.3) is 0 Å². The molecular formula is C18H26FNO3. The summed E-state index contributed by atoms with van der Waals surface area (Å²) in [6, 6.07) is 5.67. The van der Waals surface area contributed by atoms with E-state index in [4.69, 9.17) is 4.74 Å². The standard InChI is InChI=1S/C18H26FNO3/c1-13(12-17(21)15-3-5-16(19)6-4-15)20-18(22)7-2-14-8-10-23-11-9-14/h3-6,13-14,17,21H,2,7-12H2,1H3,(H,20,22). The van der Waals surface area contributed by atoms with Crippen LogP contribution in [-0.4, -0.2) is 30.3 Å². The maximum atomic E-state index is 12.9. The molecule has 0 aromatic heterocycles. The molecule has 2 rings (SSSR count). The molecular weight excluding hydrogens is 297 g/mol. The quantitative estimate of drug-likeness (QED) is 0.811. The number of amides is 1. The number of carbonyl (C=O) groups excluding carboxylic acids is 1. The van der Waals surface area contributed by atoms with Crippen LogP contribution in [0.4, 0.5) is 4.39 Å². The molecule has 1 aromatic carbocycles. The number of rotatable bonds is 7. The largest absolute Gasteiger partial charge is 0.388 e. The number of nitrogens with one attached hydrogen (secondary N) is 1. The average molecular weight is 323 g/mol. The molecule has 1 saturated heterocycles. The van der Waals surface area contributed by atoms with Crippen molar-refractivity contribution in [3.05, 3.63) is 35.6 Å². The Morgan fingerprint density at radius 2 is 2.00 bits per heavy atom. The number of aliphatic hydroxyl groups is 1. The molecule has 0 radical (unpaired) electrons. The molecule has 0 bridgehead atoms. The zero-order chi connectivity index (χ0) is 16.7. The number of carbonyl (C=O) groups is 1. The Bertz CT molecular complexity index is 486. The predicted octanol–water partition coefficient (Wildman–Crippen LogP) is 2.96. The molecule has 1 amide bonds. The second kappa shape index (κ2) is 8.99. The highest BCUT2D eigenvalue weighted by atomic mass is 19.1. The van der Waals surface area contributed by atoms with Crippen molar-refractivity contribution in [3.8, 4) is 0 Å². The number of hydrogen-bond donors (Lipinski definition) is 2. The number of halogens is 1. The van der Waals surface area contributed by atoms with Crippen LogP contribution in [0, 0.1) is 11.7 Å². The van der Waals surface area contributed by atoms with Crippen LogP contribution in [-0.2, 0) is 9.53 Å². The summed E-state index contributed by atoms with van der Waals surface area (Å²) in [6.07, 6.45) is 3.18. The van der Waals surface area contributed by atoms with E-state index in [0.717, 1.165) is 32.5 Å². The van der Waals surface area contributed by atoms with E-state index < -0.39 is 6.10 Å². The molecule has 23 heavy (non-hydrogen) atoms. The van der Waals surface area contributed by atoms with Gasteiger partial charge in [0.25, 0.3) is 0 Å². The van der Waals surface area contributed by atoms with Gasteiger partial charge in [-0.15, -0.1) is 0 Å². The third-order valence-corrected chi connectivity index (χ3v) is 4.36. The minimum Gasteiger partial charge on any atom is -0.388 e. The molecule has 2 N–H and O–H groups in total. The maximum absolute atomic E-state index is 12.9. The van der Waals surface area contributed by atoms with Crippen LogP contribution in [0.2, 0.25) is 0 Å². The Hall–Kier alpha value is -1.46. The first-order valence-electron chi connectivity index (χ1n) is 8.35. The lowest BCUT2D eigenvalue weighted by Crippen LogP contribution is -2.34. The first kappa shape index (κ1) is 17.9. The van der Waals surface area contributed by atoms with Crippen molar-refractivity contribution in [2.24, 2.45) is 5.92 Å². The van der Waals surface area contributed by atoms with Gasteiger partial charge in [-0.25, -0.2) is 4.39 Å². The summed E-state index contributed by atoms with van der Waals surface area (Å²) in [5, 5.41) is 13.1. The Morgan fingerprint density at radius 1 is 1.35 bits per heavy atom. The minimum atomic E-state index is -0.707. The fraction of sp³-hybridized carbons (Fsp3) is 0.611. The molecule has 5 heteroatoms. The van der Waals surface area contributed by atoms with E-state index in [9.17, 15) is 14.3 Å². The molecule has 2 unspecified atom stereocenters. The molecule has 1 fully saturated rings. The van der Waals surface area contributed by atoms with E-state index in [0.29, 0.717) is 24.3 Å². The van der Waals surface area contributed by atoms with E-state index in [1.54, 1.807) is 12.1 Å². The number of hydrogen-bond acceptors (Lipinski definition) is 3. The fourth-order valence-electron chi connectivity index (χ4n) is 2.93. The molecule has 1 heterocycles. The topological polar surface area (TPSA) is 58.6 Å². The van der Waals surface area contributed by atoms with Crippen LogP contribution < -0.4 is 5.32 Å². The van der Waals surface area contributed by atoms with E-state index in [1.807, 2.05) is 6.92 Å². The monoisotopic (exact) mass is 323 g/mol. The van der Waals surface area contributed by atoms with Gasteiger partial charge in [-0.3, -0.25) is 4.79 Å². The molecule has 1 aliphatic heterocycles. The Kier molecular flexibility index (Phi) is 6.99. The van der Waals surface area contributed by atoms with Crippen molar-refractivity contribution < 1.29 is 19.0 Å². The highest BCUT2D eigenvalue weighted by molar-refractivity contribution is 5.76. The molecule has 2 atom stereocenters. The normalized spacial score (nSPS) is 18.4. The third-order valence-electron chi connectivity index (χ3n) is 4.36. The van der Waals surface area contributed by atoms with Gasteiger partial charge in [0.05, 0.1) is 6.10 Å². The van der Waals surface area contributed by atoms with Crippen molar-refractivity contribution in [1.82, 2.24) is 5.32 Å². The molecule has 0 spiro atoms. The third kappa shape index (κ3) is 6.28. The van der Waals surface area contributed by atoms with Gasteiger partial charge in [0.2, 0.25) is 5.91 Å². The van der Waals surface area contributed by atoms with Gasteiger partial charge in [0.1, 0.15) is 5.82 Å². The minimum absolute atomic E-state index is 0.0234. The zero-order valence-corrected chi connectivity index (χ0v) is 13.6. The van der Waals surface area contributed by atoms with Crippen LogP contribution in [0.15, 0.2) is 24.3 Å². The number of ether oxygens (including phenoxy) is 1. The molecule has 0 aliphatic carbocycles. The summed E-state index contributed by atoms with van der Waals surface area (Å²) in [7, 11) is 0. The van der Waals surface area contributed by atoms with Crippen LogP contribution in [0.5, 0.6) is 0 Å². The van der Waals surface area contributed by atoms with Crippen LogP contribution in [0.1, 0.15) is 50.7 Å². The van der Waals surface area contributed by atoms with Gasteiger partial charge in [0.15, 0.2) is 0 Å². The van der Waals surface area contributed by atoms with Gasteiger partial charge in [-0.1, -0.05) is 12.1 Å². The highest BCUT2D eigenvalue weighted by Gasteiger charge is 2.17. The van der Waals surface area contributed by atoms with Gasteiger partial charge in [0, 0.05) is 25.7 Å². The van der Waals surface area contributed by atoms with Gasteiger partial charge in [-0.2, -0.15) is 0 Å². The smallest absolute Gasteiger partial charge is 0.220 e. The molecule has 4 nitrogen and oxygen atoms in total. The summed E-state index contributed by atoms with van der Waals surface area (Å²) in [6.45, 7) is 3.47. The Labute approximate surface area is 137 Å². The van der Waals surface area contributed by atoms with Crippen molar-refractivity contribution in [3.63, 3.8) is 0 Å².